The Bertz CT molecular complexity index is 1400. The Morgan fingerprint density at radius 1 is 1.23 bits per heavy atom. The van der Waals surface area contributed by atoms with Crippen LogP contribution in [0.3, 0.4) is 0 Å². The van der Waals surface area contributed by atoms with E-state index in [2.05, 4.69) is 20.8 Å². The number of aromatic nitrogens is 3. The Balaban J connectivity index is 1.34. The molecule has 1 saturated heterocycles. The highest BCUT2D eigenvalue weighted by atomic mass is 35.5. The molecule has 10 heteroatoms. The SMILES string of the molecule is CSNc1nccc(COc2ccc3c(ccn3-c3cc(Cl)c(OCC4COC4)c(C#N)c3)c2)n1. The van der Waals surface area contributed by atoms with Crippen molar-refractivity contribution in [2.75, 3.05) is 30.8 Å². The van der Waals surface area contributed by atoms with Crippen LogP contribution in [0.2, 0.25) is 5.02 Å². The van der Waals surface area contributed by atoms with E-state index in [1.54, 1.807) is 12.3 Å². The number of nitrogens with one attached hydrogen (secondary N) is 1. The number of ether oxygens (including phenoxy) is 3. The maximum Gasteiger partial charge on any atom is 0.233 e. The van der Waals surface area contributed by atoms with Gasteiger partial charge < -0.3 is 18.8 Å². The van der Waals surface area contributed by atoms with Crippen LogP contribution in [-0.4, -0.2) is 40.6 Å². The van der Waals surface area contributed by atoms with Gasteiger partial charge in [0.2, 0.25) is 5.95 Å². The normalized spacial score (nSPS) is 13.3. The molecule has 0 unspecified atom stereocenters. The third kappa shape index (κ3) is 5.15. The largest absolute Gasteiger partial charge is 0.490 e. The third-order valence-electron chi connectivity index (χ3n) is 5.55. The van der Waals surface area contributed by atoms with E-state index in [9.17, 15) is 5.26 Å². The van der Waals surface area contributed by atoms with E-state index >= 15 is 0 Å². The molecule has 4 aromatic rings. The lowest BCUT2D eigenvalue weighted by molar-refractivity contribution is -0.0508. The third-order valence-corrected chi connectivity index (χ3v) is 6.22. The Labute approximate surface area is 211 Å². The van der Waals surface area contributed by atoms with Crippen LogP contribution in [0.25, 0.3) is 16.6 Å². The number of halogens is 1. The number of benzene rings is 2. The first-order valence-electron chi connectivity index (χ1n) is 10.9. The minimum Gasteiger partial charge on any atom is -0.490 e. The highest BCUT2D eigenvalue weighted by molar-refractivity contribution is 7.99. The number of anilines is 1. The second kappa shape index (κ2) is 10.4. The van der Waals surface area contributed by atoms with E-state index in [0.29, 0.717) is 54.6 Å². The molecule has 8 nitrogen and oxygen atoms in total. The molecular formula is C25H22ClN5O3S. The van der Waals surface area contributed by atoms with Gasteiger partial charge in [0.05, 0.1) is 41.6 Å². The first kappa shape index (κ1) is 23.3. The quantitative estimate of drug-likeness (QED) is 0.307. The molecule has 3 heterocycles. The van der Waals surface area contributed by atoms with Gasteiger partial charge in [0.15, 0.2) is 5.75 Å². The molecule has 0 spiro atoms. The average molecular weight is 508 g/mol. The lowest BCUT2D eigenvalue weighted by Crippen LogP contribution is -2.32. The van der Waals surface area contributed by atoms with Crippen LogP contribution in [0.5, 0.6) is 11.5 Å². The van der Waals surface area contributed by atoms with Crippen molar-refractivity contribution in [1.82, 2.24) is 14.5 Å². The Hall–Kier alpha value is -3.45. The van der Waals surface area contributed by atoms with Gasteiger partial charge in [-0.15, -0.1) is 0 Å². The fourth-order valence-corrected chi connectivity index (χ4v) is 4.29. The minimum absolute atomic E-state index is 0.327. The number of hydrogen-bond donors (Lipinski definition) is 1. The molecule has 0 radical (unpaired) electrons. The molecule has 5 rings (SSSR count). The predicted molar refractivity (Wildman–Crippen MR) is 136 cm³/mol. The van der Waals surface area contributed by atoms with Gasteiger partial charge in [-0.05, 0) is 42.5 Å². The summed E-state index contributed by atoms with van der Waals surface area (Å²) in [5, 5.41) is 11.1. The smallest absolute Gasteiger partial charge is 0.233 e. The van der Waals surface area contributed by atoms with Crippen molar-refractivity contribution in [3.8, 4) is 23.3 Å². The maximum absolute atomic E-state index is 9.70. The second-order valence-electron chi connectivity index (χ2n) is 8.00. The van der Waals surface area contributed by atoms with Crippen LogP contribution in [-0.2, 0) is 11.3 Å². The van der Waals surface area contributed by atoms with Gasteiger partial charge in [0.25, 0.3) is 0 Å². The molecule has 0 bridgehead atoms. The molecule has 35 heavy (non-hydrogen) atoms. The molecule has 2 aromatic carbocycles. The fraction of sp³-hybridized carbons (Fsp3) is 0.240. The molecule has 1 aliphatic rings. The number of fused-ring (bicyclic) bond motifs is 1. The van der Waals surface area contributed by atoms with Crippen LogP contribution in [0.1, 0.15) is 11.3 Å². The molecule has 1 N–H and O–H groups in total. The van der Waals surface area contributed by atoms with Crippen molar-refractivity contribution in [1.29, 1.82) is 5.26 Å². The molecule has 0 amide bonds. The summed E-state index contributed by atoms with van der Waals surface area (Å²) in [4.78, 5) is 8.58. The number of hydrogen-bond acceptors (Lipinski definition) is 8. The first-order valence-corrected chi connectivity index (χ1v) is 12.5. The van der Waals surface area contributed by atoms with Crippen molar-refractivity contribution in [3.63, 3.8) is 0 Å². The summed E-state index contributed by atoms with van der Waals surface area (Å²) < 4.78 is 22.0. The summed E-state index contributed by atoms with van der Waals surface area (Å²) in [6, 6.07) is 15.5. The highest BCUT2D eigenvalue weighted by Gasteiger charge is 2.21. The van der Waals surface area contributed by atoms with Crippen molar-refractivity contribution in [2.24, 2.45) is 5.92 Å². The zero-order valence-corrected chi connectivity index (χ0v) is 20.5. The minimum atomic E-state index is 0.327. The summed E-state index contributed by atoms with van der Waals surface area (Å²) in [6.45, 7) is 2.16. The van der Waals surface area contributed by atoms with Crippen LogP contribution in [0.15, 0.2) is 54.9 Å². The number of nitriles is 1. The van der Waals surface area contributed by atoms with Gasteiger partial charge >= 0.3 is 0 Å². The van der Waals surface area contributed by atoms with E-state index in [0.717, 1.165) is 28.0 Å². The zero-order valence-electron chi connectivity index (χ0n) is 18.9. The lowest BCUT2D eigenvalue weighted by Gasteiger charge is -2.26. The van der Waals surface area contributed by atoms with Crippen molar-refractivity contribution < 1.29 is 14.2 Å². The van der Waals surface area contributed by atoms with Crippen LogP contribution < -0.4 is 14.2 Å². The summed E-state index contributed by atoms with van der Waals surface area (Å²) >= 11 is 7.96. The Morgan fingerprint density at radius 2 is 2.11 bits per heavy atom. The van der Waals surface area contributed by atoms with E-state index in [1.807, 2.05) is 53.4 Å². The monoisotopic (exact) mass is 507 g/mol. The van der Waals surface area contributed by atoms with Gasteiger partial charge in [-0.1, -0.05) is 23.5 Å². The standard InChI is InChI=1S/C25H22ClN5O3S/c1-35-30-25-28-6-4-19(29-25)15-33-21-2-3-23-17(9-21)5-7-31(23)20-8-18(11-27)24(22(26)10-20)34-14-16-12-32-13-16/h2-10,16H,12-15H2,1H3,(H,28,29,30). The second-order valence-corrected chi connectivity index (χ2v) is 9.02. The highest BCUT2D eigenvalue weighted by Crippen LogP contribution is 2.34. The molecule has 0 saturated carbocycles. The van der Waals surface area contributed by atoms with Gasteiger partial charge in [-0.25, -0.2) is 9.97 Å². The maximum atomic E-state index is 9.70. The van der Waals surface area contributed by atoms with Crippen molar-refractivity contribution in [2.45, 2.75) is 6.61 Å². The summed E-state index contributed by atoms with van der Waals surface area (Å²) in [5.74, 6) is 2.03. The summed E-state index contributed by atoms with van der Waals surface area (Å²) in [6.07, 6.45) is 5.56. The predicted octanol–water partition coefficient (Wildman–Crippen LogP) is 5.24. The van der Waals surface area contributed by atoms with Crippen LogP contribution in [0, 0.1) is 17.2 Å². The molecule has 0 aliphatic carbocycles. The van der Waals surface area contributed by atoms with E-state index < -0.39 is 0 Å². The van der Waals surface area contributed by atoms with Crippen LogP contribution >= 0.6 is 23.5 Å². The topological polar surface area (TPSA) is 94.2 Å². The molecule has 1 aliphatic heterocycles. The zero-order chi connectivity index (χ0) is 24.2. The molecule has 2 aromatic heterocycles. The number of nitrogens with zero attached hydrogens (tertiary/aromatic N) is 4. The molecular weight excluding hydrogens is 486 g/mol. The molecule has 1 fully saturated rings. The Kier molecular flexibility index (Phi) is 6.95. The summed E-state index contributed by atoms with van der Waals surface area (Å²) in [5.41, 5.74) is 2.92. The van der Waals surface area contributed by atoms with Crippen molar-refractivity contribution in [3.05, 3.63) is 71.1 Å². The van der Waals surface area contributed by atoms with E-state index in [1.165, 1.54) is 11.9 Å². The van der Waals surface area contributed by atoms with Gasteiger partial charge in [-0.3, -0.25) is 4.72 Å². The first-order chi connectivity index (χ1) is 17.1. The van der Waals surface area contributed by atoms with Gasteiger partial charge in [0.1, 0.15) is 18.4 Å². The van der Waals surface area contributed by atoms with E-state index in [4.69, 9.17) is 25.8 Å². The Morgan fingerprint density at radius 3 is 2.89 bits per heavy atom. The summed E-state index contributed by atoms with van der Waals surface area (Å²) in [7, 11) is 0. The molecule has 178 valence electrons. The fourth-order valence-electron chi connectivity index (χ4n) is 3.74. The van der Waals surface area contributed by atoms with E-state index in [-0.39, 0.29) is 0 Å². The average Bonchev–Trinajstić information content (AvgIpc) is 3.26. The number of rotatable bonds is 9. The van der Waals surface area contributed by atoms with Crippen LogP contribution in [0.4, 0.5) is 5.95 Å². The molecule has 0 atom stereocenters. The van der Waals surface area contributed by atoms with Gasteiger partial charge in [0, 0.05) is 35.6 Å². The van der Waals surface area contributed by atoms with Crippen molar-refractivity contribution >= 4 is 40.4 Å². The van der Waals surface area contributed by atoms with Gasteiger partial charge in [-0.2, -0.15) is 5.26 Å². The lowest BCUT2D eigenvalue weighted by atomic mass is 10.1.